The minimum atomic E-state index is -4.30. The Labute approximate surface area is 174 Å². The van der Waals surface area contributed by atoms with Gasteiger partial charge in [0.2, 0.25) is 10.0 Å². The number of halogens is 5. The summed E-state index contributed by atoms with van der Waals surface area (Å²) in [5, 5.41) is 1.34. The first-order chi connectivity index (χ1) is 13.2. The molecule has 158 valence electrons. The van der Waals surface area contributed by atoms with Crippen molar-refractivity contribution in [3.63, 3.8) is 0 Å². The van der Waals surface area contributed by atoms with Crippen molar-refractivity contribution in [2.45, 2.75) is 36.1 Å². The summed E-state index contributed by atoms with van der Waals surface area (Å²) < 4.78 is 68.9. The van der Waals surface area contributed by atoms with E-state index in [1.807, 2.05) is 0 Å². The van der Waals surface area contributed by atoms with Crippen LogP contribution in [-0.4, -0.2) is 35.3 Å². The zero-order valence-corrected chi connectivity index (χ0v) is 17.4. The van der Waals surface area contributed by atoms with Gasteiger partial charge in [-0.3, -0.25) is 4.79 Å². The normalized spacial score (nSPS) is 17.6. The van der Waals surface area contributed by atoms with Gasteiger partial charge in [-0.05, 0) is 13.0 Å². The summed E-state index contributed by atoms with van der Waals surface area (Å²) in [6.45, 7) is 1.35. The molecule has 0 spiro atoms. The van der Waals surface area contributed by atoms with E-state index in [4.69, 9.17) is 23.2 Å². The van der Waals surface area contributed by atoms with Crippen LogP contribution in [-0.2, 0) is 17.1 Å². The van der Waals surface area contributed by atoms with Gasteiger partial charge in [-0.1, -0.05) is 23.2 Å². The van der Waals surface area contributed by atoms with Gasteiger partial charge < -0.3 is 9.88 Å². The molecule has 7 nitrogen and oxygen atoms in total. The molecule has 2 aromatic heterocycles. The molecule has 13 heteroatoms. The van der Waals surface area contributed by atoms with E-state index in [-0.39, 0.29) is 11.4 Å². The van der Waals surface area contributed by atoms with Gasteiger partial charge in [-0.15, -0.1) is 0 Å². The van der Waals surface area contributed by atoms with E-state index in [0.29, 0.717) is 0 Å². The van der Waals surface area contributed by atoms with Crippen LogP contribution in [0.4, 0.5) is 18.9 Å². The monoisotopic (exact) mass is 470 g/mol. The Kier molecular flexibility index (Phi) is 5.39. The zero-order chi connectivity index (χ0) is 21.8. The minimum Gasteiger partial charge on any atom is -0.344 e. The molecule has 29 heavy (non-hydrogen) atoms. The molecular weight excluding hydrogens is 456 g/mol. The number of sulfonamides is 1. The topological polar surface area (TPSA) is 93.1 Å². The lowest BCUT2D eigenvalue weighted by Gasteiger charge is -2.44. The molecule has 0 unspecified atom stereocenters. The number of carbonyl (C=O) groups excluding carboxylic acids is 1. The van der Waals surface area contributed by atoms with Gasteiger partial charge in [0, 0.05) is 37.8 Å². The maximum absolute atomic E-state index is 14.0. The molecule has 2 aromatic rings. The quantitative estimate of drug-likeness (QED) is 0.653. The molecule has 0 saturated heterocycles. The highest BCUT2D eigenvalue weighted by Gasteiger charge is 2.55. The lowest BCUT2D eigenvalue weighted by atomic mass is 9.76. The number of nitrogens with one attached hydrogen (secondary N) is 2. The molecule has 0 bridgehead atoms. The summed E-state index contributed by atoms with van der Waals surface area (Å²) in [6.07, 6.45) is 0.927. The first-order valence-corrected chi connectivity index (χ1v) is 10.4. The number of amides is 1. The average Bonchev–Trinajstić information content (AvgIpc) is 2.84. The number of aryl methyl sites for hydroxylation is 1. The number of rotatable bonds is 5. The molecule has 1 fully saturated rings. The Morgan fingerprint density at radius 2 is 1.93 bits per heavy atom. The zero-order valence-electron chi connectivity index (χ0n) is 15.1. The van der Waals surface area contributed by atoms with Gasteiger partial charge in [0.15, 0.2) is 11.0 Å². The van der Waals surface area contributed by atoms with Crippen LogP contribution in [0.15, 0.2) is 23.4 Å². The average molecular weight is 471 g/mol. The second-order valence-electron chi connectivity index (χ2n) is 7.06. The smallest absolute Gasteiger partial charge is 0.273 e. The largest absolute Gasteiger partial charge is 0.344 e. The standard InChI is InChI=1S/C16H15Cl2F3N4O3S/c1-15(6-16(20,21)7-15)24-29(27,28)9-5-25(2)12(10(9)17)14(26)23-8-3-4-22-13(18)11(8)19/h3-5,24H,6-7H2,1-2H3,(H,22,23,26). The highest BCUT2D eigenvalue weighted by molar-refractivity contribution is 7.89. The lowest BCUT2D eigenvalue weighted by molar-refractivity contribution is -0.121. The molecule has 0 radical (unpaired) electrons. The number of anilines is 1. The van der Waals surface area contributed by atoms with Gasteiger partial charge in [0.1, 0.15) is 10.6 Å². The van der Waals surface area contributed by atoms with E-state index in [1.54, 1.807) is 0 Å². The first kappa shape index (κ1) is 21.9. The second-order valence-corrected chi connectivity index (χ2v) is 9.45. The molecule has 3 rings (SSSR count). The van der Waals surface area contributed by atoms with Crippen LogP contribution in [0.5, 0.6) is 0 Å². The van der Waals surface area contributed by atoms with Crippen molar-refractivity contribution in [3.8, 4) is 0 Å². The molecule has 1 amide bonds. The SMILES string of the molecule is Cn1cc(S(=O)(=O)NC2(C)CC(F)(F)C2)c(Cl)c1C(=O)Nc1ccnc(Cl)c1F. The molecule has 0 atom stereocenters. The molecule has 1 saturated carbocycles. The fourth-order valence-electron chi connectivity index (χ4n) is 3.25. The summed E-state index contributed by atoms with van der Waals surface area (Å²) in [4.78, 5) is 15.6. The number of hydrogen-bond acceptors (Lipinski definition) is 4. The van der Waals surface area contributed by atoms with E-state index in [9.17, 15) is 26.4 Å². The van der Waals surface area contributed by atoms with Crippen molar-refractivity contribution in [3.05, 3.63) is 40.1 Å². The van der Waals surface area contributed by atoms with Crippen LogP contribution < -0.4 is 10.0 Å². The summed E-state index contributed by atoms with van der Waals surface area (Å²) in [7, 11) is -2.95. The number of pyridine rings is 1. The molecule has 1 aliphatic carbocycles. The summed E-state index contributed by atoms with van der Waals surface area (Å²) >= 11 is 11.7. The predicted molar refractivity (Wildman–Crippen MR) is 100 cm³/mol. The third kappa shape index (κ3) is 4.23. The molecule has 1 aliphatic rings. The van der Waals surface area contributed by atoms with Crippen LogP contribution in [0.1, 0.15) is 30.3 Å². The van der Waals surface area contributed by atoms with E-state index in [1.165, 1.54) is 20.2 Å². The molecule has 2 N–H and O–H groups in total. The van der Waals surface area contributed by atoms with E-state index in [0.717, 1.165) is 16.8 Å². The minimum absolute atomic E-state index is 0.275. The van der Waals surface area contributed by atoms with Gasteiger partial charge in [-0.2, -0.15) is 0 Å². The van der Waals surface area contributed by atoms with Gasteiger partial charge >= 0.3 is 0 Å². The Balaban J connectivity index is 1.88. The Bertz CT molecular complexity index is 1100. The maximum Gasteiger partial charge on any atom is 0.273 e. The van der Waals surface area contributed by atoms with Crippen molar-refractivity contribution in [2.75, 3.05) is 5.32 Å². The third-order valence-corrected chi connectivity index (χ3v) is 6.77. The van der Waals surface area contributed by atoms with Crippen molar-refractivity contribution in [1.29, 1.82) is 0 Å². The van der Waals surface area contributed by atoms with Crippen molar-refractivity contribution in [2.24, 2.45) is 7.05 Å². The molecular formula is C16H15Cl2F3N4O3S. The Morgan fingerprint density at radius 3 is 2.52 bits per heavy atom. The summed E-state index contributed by atoms with van der Waals surface area (Å²) in [5.74, 6) is -4.82. The van der Waals surface area contributed by atoms with Gasteiger partial charge in [0.25, 0.3) is 11.8 Å². The van der Waals surface area contributed by atoms with Crippen molar-refractivity contribution < 1.29 is 26.4 Å². The fraction of sp³-hybridized carbons (Fsp3) is 0.375. The van der Waals surface area contributed by atoms with E-state index in [2.05, 4.69) is 15.0 Å². The first-order valence-electron chi connectivity index (χ1n) is 8.13. The van der Waals surface area contributed by atoms with Crippen LogP contribution >= 0.6 is 23.2 Å². The third-order valence-electron chi connectivity index (χ3n) is 4.37. The van der Waals surface area contributed by atoms with Gasteiger partial charge in [-0.25, -0.2) is 31.3 Å². The van der Waals surface area contributed by atoms with E-state index >= 15 is 0 Å². The number of carbonyl (C=O) groups is 1. The highest BCUT2D eigenvalue weighted by Crippen LogP contribution is 2.46. The number of hydrogen-bond donors (Lipinski definition) is 2. The van der Waals surface area contributed by atoms with Crippen LogP contribution in [0, 0.1) is 5.82 Å². The lowest BCUT2D eigenvalue weighted by Crippen LogP contribution is -2.60. The summed E-state index contributed by atoms with van der Waals surface area (Å²) in [6, 6.07) is 1.16. The van der Waals surface area contributed by atoms with Crippen LogP contribution in [0.3, 0.4) is 0 Å². The maximum atomic E-state index is 14.0. The van der Waals surface area contributed by atoms with Crippen LogP contribution in [0.2, 0.25) is 10.2 Å². The van der Waals surface area contributed by atoms with E-state index < -0.39 is 61.1 Å². The second kappa shape index (κ2) is 7.15. The number of nitrogens with zero attached hydrogens (tertiary/aromatic N) is 2. The van der Waals surface area contributed by atoms with Crippen molar-refractivity contribution >= 4 is 44.8 Å². The summed E-state index contributed by atoms with van der Waals surface area (Å²) in [5.41, 5.74) is -1.89. The van der Waals surface area contributed by atoms with Gasteiger partial charge in [0.05, 0.1) is 10.7 Å². The molecule has 0 aromatic carbocycles. The highest BCUT2D eigenvalue weighted by atomic mass is 35.5. The predicted octanol–water partition coefficient (Wildman–Crippen LogP) is 3.58. The Hall–Kier alpha value is -1.82. The molecule has 0 aliphatic heterocycles. The van der Waals surface area contributed by atoms with Crippen molar-refractivity contribution in [1.82, 2.24) is 14.3 Å². The number of aromatic nitrogens is 2. The fourth-order valence-corrected chi connectivity index (χ4v) is 5.52. The molecule has 2 heterocycles. The van der Waals surface area contributed by atoms with Crippen LogP contribution in [0.25, 0.3) is 0 Å². The number of alkyl halides is 2. The Morgan fingerprint density at radius 1 is 1.31 bits per heavy atom.